The van der Waals surface area contributed by atoms with Gasteiger partial charge in [-0.1, -0.05) is 0 Å². The van der Waals surface area contributed by atoms with Crippen molar-refractivity contribution in [3.8, 4) is 11.5 Å². The van der Waals surface area contributed by atoms with Crippen LogP contribution in [-0.2, 0) is 4.79 Å². The predicted octanol–water partition coefficient (Wildman–Crippen LogP) is 2.46. The van der Waals surface area contributed by atoms with E-state index in [9.17, 15) is 4.79 Å². The van der Waals surface area contributed by atoms with Gasteiger partial charge in [0.2, 0.25) is 5.91 Å². The van der Waals surface area contributed by atoms with E-state index < -0.39 is 0 Å². The molecule has 20 heavy (non-hydrogen) atoms. The number of benzene rings is 1. The molecule has 0 aliphatic rings. The third-order valence-corrected chi connectivity index (χ3v) is 2.56. The Balaban J connectivity index is 2.17. The quantitative estimate of drug-likeness (QED) is 0.744. The Labute approximate surface area is 117 Å². The van der Waals surface area contributed by atoms with Gasteiger partial charge in [-0.25, -0.2) is 4.98 Å². The first-order valence-corrected chi connectivity index (χ1v) is 6.07. The van der Waals surface area contributed by atoms with E-state index >= 15 is 0 Å². The second kappa shape index (κ2) is 5.92. The first-order chi connectivity index (χ1) is 9.58. The van der Waals surface area contributed by atoms with Crippen molar-refractivity contribution < 1.29 is 9.53 Å². The first-order valence-electron chi connectivity index (χ1n) is 6.07. The average molecular weight is 272 g/mol. The van der Waals surface area contributed by atoms with Crippen LogP contribution in [-0.4, -0.2) is 17.9 Å². The van der Waals surface area contributed by atoms with Crippen LogP contribution in [0.4, 0.5) is 17.2 Å². The Bertz CT molecular complexity index is 628. The zero-order valence-electron chi connectivity index (χ0n) is 11.3. The zero-order chi connectivity index (χ0) is 14.5. The summed E-state index contributed by atoms with van der Waals surface area (Å²) in [5, 5.41) is 5.57. The van der Waals surface area contributed by atoms with E-state index in [4.69, 9.17) is 10.5 Å². The summed E-state index contributed by atoms with van der Waals surface area (Å²) in [6.45, 7) is 1.42. The van der Waals surface area contributed by atoms with E-state index in [-0.39, 0.29) is 5.91 Å². The molecule has 0 aliphatic carbocycles. The molecular formula is C14H16N4O2. The minimum atomic E-state index is -0.183. The van der Waals surface area contributed by atoms with E-state index in [1.54, 1.807) is 37.5 Å². The maximum Gasteiger partial charge on any atom is 0.222 e. The summed E-state index contributed by atoms with van der Waals surface area (Å²) in [6, 6.07) is 8.71. The third-order valence-electron chi connectivity index (χ3n) is 2.56. The molecule has 0 saturated carbocycles. The minimum Gasteiger partial charge on any atom is -0.457 e. The van der Waals surface area contributed by atoms with Crippen molar-refractivity contribution in [3.63, 3.8) is 0 Å². The number of carbonyl (C=O) groups is 1. The average Bonchev–Trinajstić information content (AvgIpc) is 2.38. The van der Waals surface area contributed by atoms with E-state index in [2.05, 4.69) is 15.6 Å². The molecule has 6 heteroatoms. The second-order valence-electron chi connectivity index (χ2n) is 4.16. The highest BCUT2D eigenvalue weighted by Gasteiger charge is 2.04. The van der Waals surface area contributed by atoms with Crippen molar-refractivity contribution >= 4 is 23.1 Å². The topological polar surface area (TPSA) is 89.3 Å². The van der Waals surface area contributed by atoms with Crippen LogP contribution in [0.3, 0.4) is 0 Å². The maximum absolute atomic E-state index is 11.0. The van der Waals surface area contributed by atoms with Crippen molar-refractivity contribution in [3.05, 3.63) is 36.5 Å². The lowest BCUT2D eigenvalue weighted by atomic mass is 10.2. The van der Waals surface area contributed by atoms with Gasteiger partial charge >= 0.3 is 0 Å². The fraction of sp³-hybridized carbons (Fsp3) is 0.143. The van der Waals surface area contributed by atoms with Crippen LogP contribution < -0.4 is 21.1 Å². The van der Waals surface area contributed by atoms with Crippen molar-refractivity contribution in [1.82, 2.24) is 4.98 Å². The third kappa shape index (κ3) is 3.38. The number of hydrogen-bond donors (Lipinski definition) is 3. The maximum atomic E-state index is 11.0. The van der Waals surface area contributed by atoms with Gasteiger partial charge in [0.05, 0.1) is 11.4 Å². The highest BCUT2D eigenvalue weighted by atomic mass is 16.5. The summed E-state index contributed by atoms with van der Waals surface area (Å²) in [5.41, 5.74) is 7.31. The van der Waals surface area contributed by atoms with Crippen LogP contribution >= 0.6 is 0 Å². The summed E-state index contributed by atoms with van der Waals surface area (Å²) < 4.78 is 5.68. The van der Waals surface area contributed by atoms with Gasteiger partial charge < -0.3 is 21.1 Å². The molecule has 1 aromatic heterocycles. The number of aromatic nitrogens is 1. The minimum absolute atomic E-state index is 0.183. The van der Waals surface area contributed by atoms with E-state index in [1.165, 1.54) is 6.92 Å². The molecule has 6 nitrogen and oxygen atoms in total. The number of nitrogen functional groups attached to an aromatic ring is 1. The SMILES string of the molecule is CNc1ccc(Oc2ccnc(NC(C)=O)c2)cc1N. The molecule has 0 saturated heterocycles. The number of nitrogens with zero attached hydrogens (tertiary/aromatic N) is 1. The monoisotopic (exact) mass is 272 g/mol. The molecule has 0 bridgehead atoms. The molecule has 0 radical (unpaired) electrons. The zero-order valence-corrected chi connectivity index (χ0v) is 11.3. The first kappa shape index (κ1) is 13.7. The number of anilines is 3. The molecule has 0 spiro atoms. The van der Waals surface area contributed by atoms with E-state index in [0.29, 0.717) is 23.0 Å². The molecule has 104 valence electrons. The Morgan fingerprint density at radius 3 is 2.65 bits per heavy atom. The van der Waals surface area contributed by atoms with Crippen LogP contribution in [0.2, 0.25) is 0 Å². The lowest BCUT2D eigenvalue weighted by molar-refractivity contribution is -0.114. The molecule has 2 rings (SSSR count). The molecule has 2 aromatic rings. The number of hydrogen-bond acceptors (Lipinski definition) is 5. The Morgan fingerprint density at radius 2 is 2.00 bits per heavy atom. The molecule has 4 N–H and O–H groups in total. The van der Waals surface area contributed by atoms with Gasteiger partial charge in [-0.2, -0.15) is 0 Å². The summed E-state index contributed by atoms with van der Waals surface area (Å²) >= 11 is 0. The Morgan fingerprint density at radius 1 is 1.25 bits per heavy atom. The number of amides is 1. The van der Waals surface area contributed by atoms with Gasteiger partial charge in [-0.15, -0.1) is 0 Å². The van der Waals surface area contributed by atoms with Gasteiger partial charge in [0.1, 0.15) is 17.3 Å². The smallest absolute Gasteiger partial charge is 0.222 e. The lowest BCUT2D eigenvalue weighted by Crippen LogP contribution is -2.07. The number of nitrogens with two attached hydrogens (primary N) is 1. The Hall–Kier alpha value is -2.76. The molecule has 1 amide bonds. The number of carbonyl (C=O) groups excluding carboxylic acids is 1. The summed E-state index contributed by atoms with van der Waals surface area (Å²) in [7, 11) is 1.80. The summed E-state index contributed by atoms with van der Waals surface area (Å²) in [4.78, 5) is 15.0. The number of pyridine rings is 1. The molecule has 1 aromatic carbocycles. The van der Waals surface area contributed by atoms with Gasteiger partial charge in [0.15, 0.2) is 0 Å². The molecule has 0 aliphatic heterocycles. The number of rotatable bonds is 4. The molecule has 1 heterocycles. The van der Waals surface area contributed by atoms with Crippen LogP contribution in [0.1, 0.15) is 6.92 Å². The summed E-state index contributed by atoms with van der Waals surface area (Å²) in [6.07, 6.45) is 1.56. The lowest BCUT2D eigenvalue weighted by Gasteiger charge is -2.10. The van der Waals surface area contributed by atoms with Crippen LogP contribution in [0.25, 0.3) is 0 Å². The van der Waals surface area contributed by atoms with Crippen LogP contribution in [0, 0.1) is 0 Å². The fourth-order valence-electron chi connectivity index (χ4n) is 1.69. The highest BCUT2D eigenvalue weighted by Crippen LogP contribution is 2.28. The standard InChI is InChI=1S/C14H16N4O2/c1-9(19)18-14-8-11(5-6-17-14)20-10-3-4-13(16-2)12(15)7-10/h3-8,16H,15H2,1-2H3,(H,17,18,19). The van der Waals surface area contributed by atoms with Gasteiger partial charge in [-0.3, -0.25) is 4.79 Å². The molecule has 0 unspecified atom stereocenters. The van der Waals surface area contributed by atoms with Crippen LogP contribution in [0.5, 0.6) is 11.5 Å². The van der Waals surface area contributed by atoms with Gasteiger partial charge in [-0.05, 0) is 18.2 Å². The molecule has 0 fully saturated rings. The van der Waals surface area contributed by atoms with Gasteiger partial charge in [0.25, 0.3) is 0 Å². The number of ether oxygens (including phenoxy) is 1. The molecular weight excluding hydrogens is 256 g/mol. The molecule has 0 atom stereocenters. The highest BCUT2D eigenvalue weighted by molar-refractivity contribution is 5.87. The predicted molar refractivity (Wildman–Crippen MR) is 79.0 cm³/mol. The van der Waals surface area contributed by atoms with Crippen molar-refractivity contribution in [2.24, 2.45) is 0 Å². The van der Waals surface area contributed by atoms with Crippen molar-refractivity contribution in [2.75, 3.05) is 23.4 Å². The van der Waals surface area contributed by atoms with Crippen molar-refractivity contribution in [1.29, 1.82) is 0 Å². The Kier molecular flexibility index (Phi) is 4.05. The van der Waals surface area contributed by atoms with Crippen molar-refractivity contribution in [2.45, 2.75) is 6.92 Å². The normalized spacial score (nSPS) is 9.90. The number of nitrogens with one attached hydrogen (secondary N) is 2. The second-order valence-corrected chi connectivity index (χ2v) is 4.16. The van der Waals surface area contributed by atoms with E-state index in [0.717, 1.165) is 5.69 Å². The van der Waals surface area contributed by atoms with Gasteiger partial charge in [0, 0.05) is 32.3 Å². The van der Waals surface area contributed by atoms with E-state index in [1.807, 2.05) is 6.07 Å². The summed E-state index contributed by atoms with van der Waals surface area (Å²) in [5.74, 6) is 1.44. The van der Waals surface area contributed by atoms with Crippen LogP contribution in [0.15, 0.2) is 36.5 Å². The largest absolute Gasteiger partial charge is 0.457 e. The fourth-order valence-corrected chi connectivity index (χ4v) is 1.69.